The number of ether oxygens (including phenoxy) is 1. The summed E-state index contributed by atoms with van der Waals surface area (Å²) in [6, 6.07) is 5.84. The molecule has 0 bridgehead atoms. The molecule has 0 aliphatic heterocycles. The lowest BCUT2D eigenvalue weighted by molar-refractivity contribution is -0.137. The van der Waals surface area contributed by atoms with Crippen LogP contribution in [-0.4, -0.2) is 15.5 Å². The number of benzene rings is 2. The lowest BCUT2D eigenvalue weighted by Crippen LogP contribution is -2.15. The number of methoxy groups -OCH3 is 1. The van der Waals surface area contributed by atoms with Crippen LogP contribution in [0.1, 0.15) is 5.56 Å². The Labute approximate surface area is 146 Å². The third-order valence-electron chi connectivity index (χ3n) is 2.96. The summed E-state index contributed by atoms with van der Waals surface area (Å²) in [6.07, 6.45) is -4.66. The normalized spacial score (nSPS) is 12.1. The molecule has 0 unspecified atom stereocenters. The molecule has 0 atom stereocenters. The van der Waals surface area contributed by atoms with E-state index in [0.29, 0.717) is 6.07 Å². The zero-order valence-electron chi connectivity index (χ0n) is 12.0. The summed E-state index contributed by atoms with van der Waals surface area (Å²) in [4.78, 5) is -0.553. The van der Waals surface area contributed by atoms with E-state index in [1.807, 2.05) is 0 Å². The molecule has 2 aromatic rings. The van der Waals surface area contributed by atoms with Crippen LogP contribution in [0.2, 0.25) is 10.0 Å². The lowest BCUT2D eigenvalue weighted by atomic mass is 10.2. The van der Waals surface area contributed by atoms with Gasteiger partial charge in [-0.2, -0.15) is 13.2 Å². The fourth-order valence-electron chi connectivity index (χ4n) is 1.81. The van der Waals surface area contributed by atoms with E-state index in [2.05, 4.69) is 4.72 Å². The fraction of sp³-hybridized carbons (Fsp3) is 0.143. The molecule has 10 heteroatoms. The number of nitrogens with one attached hydrogen (secondary N) is 1. The molecule has 2 rings (SSSR count). The molecular weight excluding hydrogens is 390 g/mol. The van der Waals surface area contributed by atoms with E-state index in [1.165, 1.54) is 19.2 Å². The highest BCUT2D eigenvalue weighted by atomic mass is 35.5. The van der Waals surface area contributed by atoms with Crippen LogP contribution in [0, 0.1) is 0 Å². The van der Waals surface area contributed by atoms with Crippen LogP contribution in [0.15, 0.2) is 41.3 Å². The molecule has 0 amide bonds. The SMILES string of the molecule is COc1cc(NS(=O)(=O)c2cccc(C(F)(F)F)c2)c(Cl)cc1Cl. The van der Waals surface area contributed by atoms with Crippen molar-refractivity contribution in [3.8, 4) is 5.75 Å². The first kappa shape index (κ1) is 18.7. The Bertz CT molecular complexity index is 870. The number of anilines is 1. The first-order chi connectivity index (χ1) is 11.0. The summed E-state index contributed by atoms with van der Waals surface area (Å²) in [5.74, 6) is 0.155. The van der Waals surface area contributed by atoms with E-state index in [1.54, 1.807) is 0 Å². The van der Waals surface area contributed by atoms with Gasteiger partial charge in [0.1, 0.15) is 5.75 Å². The lowest BCUT2D eigenvalue weighted by Gasteiger charge is -2.13. The predicted octanol–water partition coefficient (Wildman–Crippen LogP) is 4.82. The van der Waals surface area contributed by atoms with Crippen molar-refractivity contribution in [2.75, 3.05) is 11.8 Å². The number of hydrogen-bond donors (Lipinski definition) is 1. The molecule has 0 saturated heterocycles. The number of halogens is 5. The molecule has 0 fully saturated rings. The summed E-state index contributed by atoms with van der Waals surface area (Å²) < 4.78 is 69.8. The highest BCUT2D eigenvalue weighted by Crippen LogP contribution is 2.36. The molecule has 2 aromatic carbocycles. The van der Waals surface area contributed by atoms with Gasteiger partial charge >= 0.3 is 6.18 Å². The van der Waals surface area contributed by atoms with E-state index in [4.69, 9.17) is 27.9 Å². The van der Waals surface area contributed by atoms with Crippen LogP contribution >= 0.6 is 23.2 Å². The van der Waals surface area contributed by atoms with Gasteiger partial charge in [0.25, 0.3) is 10.0 Å². The van der Waals surface area contributed by atoms with Crippen molar-refractivity contribution in [3.63, 3.8) is 0 Å². The van der Waals surface area contributed by atoms with Gasteiger partial charge in [0.2, 0.25) is 0 Å². The number of sulfonamides is 1. The van der Waals surface area contributed by atoms with Crippen LogP contribution in [-0.2, 0) is 16.2 Å². The smallest absolute Gasteiger partial charge is 0.416 e. The van der Waals surface area contributed by atoms with Gasteiger partial charge in [0, 0.05) is 6.07 Å². The Morgan fingerprint density at radius 1 is 1.08 bits per heavy atom. The molecule has 4 nitrogen and oxygen atoms in total. The molecule has 0 heterocycles. The molecule has 1 N–H and O–H groups in total. The zero-order valence-corrected chi connectivity index (χ0v) is 14.3. The fourth-order valence-corrected chi connectivity index (χ4v) is 3.49. The van der Waals surface area contributed by atoms with E-state index < -0.39 is 26.7 Å². The zero-order chi connectivity index (χ0) is 18.1. The van der Waals surface area contributed by atoms with Crippen molar-refractivity contribution in [2.45, 2.75) is 11.1 Å². The molecule has 0 aromatic heterocycles. The summed E-state index contributed by atoms with van der Waals surface area (Å²) in [7, 11) is -2.97. The summed E-state index contributed by atoms with van der Waals surface area (Å²) in [5.41, 5.74) is -1.15. The van der Waals surface area contributed by atoms with Crippen LogP contribution in [0.4, 0.5) is 18.9 Å². The minimum absolute atomic E-state index is 0.0312. The van der Waals surface area contributed by atoms with Gasteiger partial charge in [-0.25, -0.2) is 8.42 Å². The van der Waals surface area contributed by atoms with Crippen LogP contribution < -0.4 is 9.46 Å². The maximum absolute atomic E-state index is 12.7. The van der Waals surface area contributed by atoms with Crippen molar-refractivity contribution >= 4 is 38.9 Å². The Morgan fingerprint density at radius 3 is 2.33 bits per heavy atom. The van der Waals surface area contributed by atoms with Gasteiger partial charge in [0.05, 0.1) is 33.3 Å². The van der Waals surface area contributed by atoms with Gasteiger partial charge in [0.15, 0.2) is 0 Å². The van der Waals surface area contributed by atoms with Gasteiger partial charge in [-0.1, -0.05) is 29.3 Å². The topological polar surface area (TPSA) is 55.4 Å². The van der Waals surface area contributed by atoms with Crippen molar-refractivity contribution in [2.24, 2.45) is 0 Å². The van der Waals surface area contributed by atoms with Crippen molar-refractivity contribution in [1.29, 1.82) is 0 Å². The highest BCUT2D eigenvalue weighted by Gasteiger charge is 2.31. The molecule has 0 aliphatic rings. The number of hydrogen-bond acceptors (Lipinski definition) is 3. The van der Waals surface area contributed by atoms with E-state index >= 15 is 0 Å². The van der Waals surface area contributed by atoms with E-state index in [9.17, 15) is 21.6 Å². The minimum atomic E-state index is -4.66. The quantitative estimate of drug-likeness (QED) is 0.801. The first-order valence-electron chi connectivity index (χ1n) is 6.27. The minimum Gasteiger partial charge on any atom is -0.495 e. The average molecular weight is 400 g/mol. The van der Waals surface area contributed by atoms with Gasteiger partial charge in [-0.15, -0.1) is 0 Å². The molecule has 0 saturated carbocycles. The standard InChI is InChI=1S/C14H10Cl2F3NO3S/c1-23-13-7-12(10(15)6-11(13)16)20-24(21,22)9-4-2-3-8(5-9)14(17,18)19/h2-7,20H,1H3. The van der Waals surface area contributed by atoms with Crippen LogP contribution in [0.25, 0.3) is 0 Å². The van der Waals surface area contributed by atoms with Crippen molar-refractivity contribution in [3.05, 3.63) is 52.0 Å². The second-order valence-corrected chi connectivity index (χ2v) is 7.09. The first-order valence-corrected chi connectivity index (χ1v) is 8.51. The average Bonchev–Trinajstić information content (AvgIpc) is 2.49. The van der Waals surface area contributed by atoms with Gasteiger partial charge in [-0.05, 0) is 24.3 Å². The third-order valence-corrected chi connectivity index (χ3v) is 4.93. The molecule has 130 valence electrons. The summed E-state index contributed by atoms with van der Waals surface area (Å²) in [6.45, 7) is 0. The second-order valence-electron chi connectivity index (χ2n) is 4.60. The monoisotopic (exact) mass is 399 g/mol. The maximum Gasteiger partial charge on any atom is 0.416 e. The number of alkyl halides is 3. The molecular formula is C14H10Cl2F3NO3S. The van der Waals surface area contributed by atoms with Crippen molar-refractivity contribution in [1.82, 2.24) is 0 Å². The molecule has 0 aliphatic carbocycles. The van der Waals surface area contributed by atoms with Crippen LogP contribution in [0.3, 0.4) is 0 Å². The van der Waals surface area contributed by atoms with E-state index in [-0.39, 0.29) is 21.5 Å². The third kappa shape index (κ3) is 4.06. The Morgan fingerprint density at radius 2 is 1.75 bits per heavy atom. The molecule has 0 spiro atoms. The number of rotatable bonds is 4. The van der Waals surface area contributed by atoms with Gasteiger partial charge in [-0.3, -0.25) is 4.72 Å². The van der Waals surface area contributed by atoms with Gasteiger partial charge < -0.3 is 4.74 Å². The predicted molar refractivity (Wildman–Crippen MR) is 85.3 cm³/mol. The maximum atomic E-state index is 12.7. The summed E-state index contributed by atoms with van der Waals surface area (Å²) >= 11 is 11.8. The van der Waals surface area contributed by atoms with Crippen LogP contribution in [0.5, 0.6) is 5.75 Å². The second kappa shape index (κ2) is 6.70. The Hall–Kier alpha value is -1.64. The summed E-state index contributed by atoms with van der Waals surface area (Å²) in [5, 5.41) is 0.126. The Balaban J connectivity index is 2.43. The molecule has 24 heavy (non-hydrogen) atoms. The highest BCUT2D eigenvalue weighted by molar-refractivity contribution is 7.92. The van der Waals surface area contributed by atoms with Crippen molar-refractivity contribution < 1.29 is 26.3 Å². The largest absolute Gasteiger partial charge is 0.495 e. The molecule has 0 radical (unpaired) electrons. The van der Waals surface area contributed by atoms with E-state index in [0.717, 1.165) is 18.2 Å². The Kier molecular flexibility index (Phi) is 5.22.